The van der Waals surface area contributed by atoms with Crippen molar-refractivity contribution in [1.82, 2.24) is 19.9 Å². The van der Waals surface area contributed by atoms with Crippen molar-refractivity contribution < 1.29 is 31.5 Å². The summed E-state index contributed by atoms with van der Waals surface area (Å²) in [7, 11) is 0. The molecule has 1 aliphatic heterocycles. The Bertz CT molecular complexity index is 2070. The Hall–Kier alpha value is -5.35. The molecule has 0 aliphatic carbocycles. The van der Waals surface area contributed by atoms with Crippen LogP contribution in [-0.2, 0) is 12.6 Å². The molecule has 0 spiro atoms. The fourth-order valence-corrected chi connectivity index (χ4v) is 5.58. The van der Waals surface area contributed by atoms with Gasteiger partial charge in [-0.05, 0) is 90.2 Å². The van der Waals surface area contributed by atoms with E-state index in [-0.39, 0.29) is 46.4 Å². The summed E-state index contributed by atoms with van der Waals surface area (Å²) in [6, 6.07) is 12.6. The average molecular weight is 637 g/mol. The minimum absolute atomic E-state index is 0.0361. The Morgan fingerprint density at radius 1 is 1.04 bits per heavy atom. The van der Waals surface area contributed by atoms with Crippen LogP contribution in [-0.4, -0.2) is 26.4 Å². The number of fused-ring (bicyclic) bond motifs is 2. The zero-order valence-electron chi connectivity index (χ0n) is 22.7. The van der Waals surface area contributed by atoms with Gasteiger partial charge in [-0.25, -0.2) is 18.3 Å². The Labute approximate surface area is 256 Å². The van der Waals surface area contributed by atoms with E-state index in [2.05, 4.69) is 26.8 Å². The van der Waals surface area contributed by atoms with Crippen molar-refractivity contribution in [1.29, 1.82) is 5.26 Å². The summed E-state index contributed by atoms with van der Waals surface area (Å²) >= 11 is 6.31. The van der Waals surface area contributed by atoms with E-state index < -0.39 is 46.8 Å². The zero-order chi connectivity index (χ0) is 32.0. The van der Waals surface area contributed by atoms with Gasteiger partial charge in [-0.15, -0.1) is 0 Å². The third kappa shape index (κ3) is 5.67. The average Bonchev–Trinajstić information content (AvgIpc) is 3.41. The monoisotopic (exact) mass is 636 g/mol. The highest BCUT2D eigenvalue weighted by molar-refractivity contribution is 6.31. The number of alkyl halides is 3. The lowest BCUT2D eigenvalue weighted by molar-refractivity contribution is -0.137. The molecule has 1 aliphatic rings. The Morgan fingerprint density at radius 3 is 2.60 bits per heavy atom. The van der Waals surface area contributed by atoms with Crippen LogP contribution >= 0.6 is 11.6 Å². The summed E-state index contributed by atoms with van der Waals surface area (Å²) in [6.45, 7) is 0. The number of hydrogen-bond acceptors (Lipinski definition) is 5. The van der Waals surface area contributed by atoms with Crippen LogP contribution in [0, 0.1) is 23.0 Å². The standard InChI is InChI=1S/C31H18ClF5N6O2/c32-24-4-1-18(33)12-23(24)25-5-2-21-22(30(45)41-25)9-15(20-3-6-28-39-14-40-43(28)27(20)13-38)10-26(21)42-29(44)16-7-17(31(35,36)37)11-19(34)8-16/h1,3-4,6-12,14,25H,2,5H2,(H,41,45)(H,42,44)/t25-/m0/s1. The second-order valence-corrected chi connectivity index (χ2v) is 10.6. The van der Waals surface area contributed by atoms with Gasteiger partial charge in [-0.2, -0.15) is 23.5 Å². The van der Waals surface area contributed by atoms with Crippen molar-refractivity contribution in [2.45, 2.75) is 25.1 Å². The summed E-state index contributed by atoms with van der Waals surface area (Å²) in [4.78, 5) is 31.0. The van der Waals surface area contributed by atoms with E-state index >= 15 is 0 Å². The molecule has 226 valence electrons. The fourth-order valence-electron chi connectivity index (χ4n) is 5.33. The maximum Gasteiger partial charge on any atom is 0.416 e. The summed E-state index contributed by atoms with van der Waals surface area (Å²) < 4.78 is 69.7. The number of pyridine rings is 1. The van der Waals surface area contributed by atoms with E-state index in [1.807, 2.05) is 0 Å². The molecule has 14 heteroatoms. The molecule has 2 amide bonds. The van der Waals surface area contributed by atoms with Crippen LogP contribution in [0.1, 0.15) is 55.6 Å². The van der Waals surface area contributed by atoms with Crippen molar-refractivity contribution in [3.8, 4) is 17.2 Å². The number of nitriles is 1. The van der Waals surface area contributed by atoms with E-state index in [1.54, 1.807) is 12.1 Å². The summed E-state index contributed by atoms with van der Waals surface area (Å²) in [5.41, 5.74) is -0.187. The number of carbonyl (C=O) groups excluding carboxylic acids is 2. The minimum atomic E-state index is -4.91. The van der Waals surface area contributed by atoms with E-state index in [0.29, 0.717) is 34.5 Å². The molecule has 5 aromatic rings. The number of aromatic nitrogens is 3. The third-order valence-corrected chi connectivity index (χ3v) is 7.75. The van der Waals surface area contributed by atoms with Gasteiger partial charge in [0.1, 0.15) is 24.0 Å². The van der Waals surface area contributed by atoms with Gasteiger partial charge in [0, 0.05) is 27.4 Å². The zero-order valence-corrected chi connectivity index (χ0v) is 23.5. The molecular weight excluding hydrogens is 619 g/mol. The van der Waals surface area contributed by atoms with Crippen LogP contribution in [0.3, 0.4) is 0 Å². The molecule has 0 bridgehead atoms. The highest BCUT2D eigenvalue weighted by Gasteiger charge is 2.33. The number of nitrogens with one attached hydrogen (secondary N) is 2. The lowest BCUT2D eigenvalue weighted by Crippen LogP contribution is -2.27. The minimum Gasteiger partial charge on any atom is -0.345 e. The Balaban J connectivity index is 1.48. The number of nitrogens with zero attached hydrogens (tertiary/aromatic N) is 4. The lowest BCUT2D eigenvalue weighted by Gasteiger charge is -2.17. The van der Waals surface area contributed by atoms with Crippen LogP contribution in [0.4, 0.5) is 27.6 Å². The number of benzene rings is 3. The summed E-state index contributed by atoms with van der Waals surface area (Å²) in [6.07, 6.45) is -3.32. The van der Waals surface area contributed by atoms with Crippen LogP contribution in [0.25, 0.3) is 16.8 Å². The topological polar surface area (TPSA) is 112 Å². The Morgan fingerprint density at radius 2 is 1.84 bits per heavy atom. The first kappa shape index (κ1) is 29.7. The van der Waals surface area contributed by atoms with Gasteiger partial charge in [0.25, 0.3) is 11.8 Å². The first-order valence-electron chi connectivity index (χ1n) is 13.3. The van der Waals surface area contributed by atoms with E-state index in [0.717, 1.165) is 0 Å². The third-order valence-electron chi connectivity index (χ3n) is 7.41. The number of anilines is 1. The van der Waals surface area contributed by atoms with Crippen molar-refractivity contribution >= 4 is 34.7 Å². The smallest absolute Gasteiger partial charge is 0.345 e. The molecule has 8 nitrogen and oxygen atoms in total. The molecule has 0 saturated heterocycles. The molecule has 0 radical (unpaired) electrons. The largest absolute Gasteiger partial charge is 0.416 e. The SMILES string of the molecule is N#Cc1c(-c2cc(NC(=O)c3cc(F)cc(C(F)(F)F)c3)c3c(c2)C(=O)N[C@H](c2cc(F)ccc2Cl)CC3)ccc2ncnn12. The molecular formula is C31H18ClF5N6O2. The molecule has 0 saturated carbocycles. The van der Waals surface area contributed by atoms with Crippen LogP contribution in [0.5, 0.6) is 0 Å². The number of rotatable bonds is 4. The van der Waals surface area contributed by atoms with Gasteiger partial charge in [0.2, 0.25) is 0 Å². The van der Waals surface area contributed by atoms with Crippen molar-refractivity contribution in [3.63, 3.8) is 0 Å². The molecule has 45 heavy (non-hydrogen) atoms. The van der Waals surface area contributed by atoms with E-state index in [1.165, 1.54) is 41.2 Å². The van der Waals surface area contributed by atoms with Gasteiger partial charge in [0.05, 0.1) is 11.6 Å². The highest BCUT2D eigenvalue weighted by Crippen LogP contribution is 2.37. The number of carbonyl (C=O) groups is 2. The molecule has 3 heterocycles. The van der Waals surface area contributed by atoms with Gasteiger partial charge < -0.3 is 10.6 Å². The van der Waals surface area contributed by atoms with Crippen molar-refractivity contribution in [2.24, 2.45) is 0 Å². The van der Waals surface area contributed by atoms with Crippen LogP contribution in [0.15, 0.2) is 67.0 Å². The van der Waals surface area contributed by atoms with Crippen LogP contribution in [0.2, 0.25) is 5.02 Å². The molecule has 0 fully saturated rings. The summed E-state index contributed by atoms with van der Waals surface area (Å²) in [5.74, 6) is -3.52. The molecule has 1 atom stereocenters. The van der Waals surface area contributed by atoms with Gasteiger partial charge in [0.15, 0.2) is 11.3 Å². The first-order chi connectivity index (χ1) is 21.4. The molecule has 2 N–H and O–H groups in total. The highest BCUT2D eigenvalue weighted by atomic mass is 35.5. The van der Waals surface area contributed by atoms with Crippen molar-refractivity contribution in [3.05, 3.63) is 117 Å². The van der Waals surface area contributed by atoms with E-state index in [9.17, 15) is 36.8 Å². The number of amides is 2. The molecule has 0 unspecified atom stereocenters. The van der Waals surface area contributed by atoms with Crippen molar-refractivity contribution in [2.75, 3.05) is 5.32 Å². The van der Waals surface area contributed by atoms with Gasteiger partial charge in [-0.3, -0.25) is 9.59 Å². The molecule has 2 aromatic heterocycles. The predicted octanol–water partition coefficient (Wildman–Crippen LogP) is 6.89. The van der Waals surface area contributed by atoms with Gasteiger partial charge in [-0.1, -0.05) is 11.6 Å². The van der Waals surface area contributed by atoms with Gasteiger partial charge >= 0.3 is 6.18 Å². The Kier molecular flexibility index (Phi) is 7.46. The summed E-state index contributed by atoms with van der Waals surface area (Å²) in [5, 5.41) is 19.6. The maximum atomic E-state index is 14.2. The fraction of sp³-hybridized carbons (Fsp3) is 0.129. The van der Waals surface area contributed by atoms with Crippen LogP contribution < -0.4 is 10.6 Å². The first-order valence-corrected chi connectivity index (χ1v) is 13.7. The molecule has 6 rings (SSSR count). The quantitative estimate of drug-likeness (QED) is 0.209. The molecule has 3 aromatic carbocycles. The predicted molar refractivity (Wildman–Crippen MR) is 152 cm³/mol. The van der Waals surface area contributed by atoms with E-state index in [4.69, 9.17) is 11.6 Å². The second kappa shape index (κ2) is 11.3. The normalized spacial score (nSPS) is 14.8. The second-order valence-electron chi connectivity index (χ2n) is 10.2. The number of halogens is 6. The number of hydrogen-bond donors (Lipinski definition) is 2. The lowest BCUT2D eigenvalue weighted by atomic mass is 9.93. The maximum absolute atomic E-state index is 14.2.